The van der Waals surface area contributed by atoms with Gasteiger partial charge in [0.25, 0.3) is 0 Å². The summed E-state index contributed by atoms with van der Waals surface area (Å²) in [4.78, 5) is 9.51. The summed E-state index contributed by atoms with van der Waals surface area (Å²) >= 11 is 0. The van der Waals surface area contributed by atoms with Gasteiger partial charge in [0.1, 0.15) is 0 Å². The van der Waals surface area contributed by atoms with Crippen LogP contribution < -0.4 is 5.73 Å². The van der Waals surface area contributed by atoms with E-state index in [1.54, 1.807) is 0 Å². The van der Waals surface area contributed by atoms with Gasteiger partial charge in [-0.2, -0.15) is 4.98 Å². The van der Waals surface area contributed by atoms with Gasteiger partial charge in [0.2, 0.25) is 5.89 Å². The molecule has 1 aromatic rings. The van der Waals surface area contributed by atoms with E-state index in [4.69, 9.17) is 10.3 Å². The molecular formula is C15H27N5O. The fourth-order valence-electron chi connectivity index (χ4n) is 3.30. The number of hydrogen-bond donors (Lipinski definition) is 1. The molecule has 0 spiro atoms. The molecule has 0 bridgehead atoms. The third-order valence-electron chi connectivity index (χ3n) is 4.70. The van der Waals surface area contributed by atoms with Crippen LogP contribution in [0.1, 0.15) is 50.7 Å². The average molecular weight is 293 g/mol. The monoisotopic (exact) mass is 293 g/mol. The number of piperidine rings is 1. The lowest BCUT2D eigenvalue weighted by atomic mass is 10.0. The van der Waals surface area contributed by atoms with Crippen molar-refractivity contribution in [2.75, 3.05) is 26.2 Å². The molecule has 2 aliphatic heterocycles. The molecule has 2 N–H and O–H groups in total. The maximum atomic E-state index is 5.99. The van der Waals surface area contributed by atoms with E-state index in [0.717, 1.165) is 57.3 Å². The summed E-state index contributed by atoms with van der Waals surface area (Å²) in [7, 11) is 0. The summed E-state index contributed by atoms with van der Waals surface area (Å²) in [6, 6.07) is 1.08. The molecule has 21 heavy (non-hydrogen) atoms. The van der Waals surface area contributed by atoms with Crippen molar-refractivity contribution in [1.82, 2.24) is 19.9 Å². The predicted octanol–water partition coefficient (Wildman–Crippen LogP) is 1.19. The Bertz CT molecular complexity index is 453. The minimum atomic E-state index is 0.325. The topological polar surface area (TPSA) is 71.4 Å². The van der Waals surface area contributed by atoms with Crippen LogP contribution in [0.15, 0.2) is 4.52 Å². The molecule has 2 saturated heterocycles. The Morgan fingerprint density at radius 1 is 1.24 bits per heavy atom. The van der Waals surface area contributed by atoms with E-state index in [9.17, 15) is 0 Å². The summed E-state index contributed by atoms with van der Waals surface area (Å²) in [6.07, 6.45) is 3.51. The zero-order valence-electron chi connectivity index (χ0n) is 13.2. The van der Waals surface area contributed by atoms with E-state index in [2.05, 4.69) is 33.8 Å². The average Bonchev–Trinajstić information content (AvgIpc) is 3.10. The van der Waals surface area contributed by atoms with Crippen LogP contribution in [-0.4, -0.2) is 58.2 Å². The first-order valence-corrected chi connectivity index (χ1v) is 8.16. The van der Waals surface area contributed by atoms with Crippen molar-refractivity contribution in [3.63, 3.8) is 0 Å². The molecule has 3 heterocycles. The molecule has 1 unspecified atom stereocenters. The second-order valence-corrected chi connectivity index (χ2v) is 6.75. The summed E-state index contributed by atoms with van der Waals surface area (Å²) in [5.74, 6) is 1.89. The first-order chi connectivity index (χ1) is 10.1. The third-order valence-corrected chi connectivity index (χ3v) is 4.70. The van der Waals surface area contributed by atoms with Crippen LogP contribution in [0.25, 0.3) is 0 Å². The highest BCUT2D eigenvalue weighted by molar-refractivity contribution is 4.93. The lowest BCUT2D eigenvalue weighted by molar-refractivity contribution is 0.149. The van der Waals surface area contributed by atoms with Gasteiger partial charge in [-0.15, -0.1) is 0 Å². The number of nitrogens with two attached hydrogens (primary N) is 1. The summed E-state index contributed by atoms with van der Waals surface area (Å²) in [5.41, 5.74) is 5.99. The molecule has 0 amide bonds. The molecule has 0 saturated carbocycles. The second kappa shape index (κ2) is 6.42. The first-order valence-electron chi connectivity index (χ1n) is 8.16. The molecule has 1 aromatic heterocycles. The molecule has 0 aliphatic carbocycles. The van der Waals surface area contributed by atoms with Crippen LogP contribution in [0.5, 0.6) is 0 Å². The second-order valence-electron chi connectivity index (χ2n) is 6.75. The normalized spacial score (nSPS) is 26.0. The van der Waals surface area contributed by atoms with E-state index in [1.165, 1.54) is 6.42 Å². The largest absolute Gasteiger partial charge is 0.338 e. The van der Waals surface area contributed by atoms with Crippen molar-refractivity contribution in [1.29, 1.82) is 0 Å². The Morgan fingerprint density at radius 2 is 2.00 bits per heavy atom. The van der Waals surface area contributed by atoms with Gasteiger partial charge in [0.05, 0.1) is 6.54 Å². The van der Waals surface area contributed by atoms with E-state index in [1.807, 2.05) is 0 Å². The molecule has 0 aromatic carbocycles. The third kappa shape index (κ3) is 3.62. The molecule has 6 heteroatoms. The number of likely N-dealkylation sites (tertiary alicyclic amines) is 2. The minimum absolute atomic E-state index is 0.325. The van der Waals surface area contributed by atoms with Gasteiger partial charge in [0.15, 0.2) is 5.82 Å². The summed E-state index contributed by atoms with van der Waals surface area (Å²) in [6.45, 7) is 9.48. The van der Waals surface area contributed by atoms with Gasteiger partial charge >= 0.3 is 0 Å². The fraction of sp³-hybridized carbons (Fsp3) is 0.867. The Hall–Kier alpha value is -0.980. The molecule has 1 atom stereocenters. The molecular weight excluding hydrogens is 266 g/mol. The molecule has 6 nitrogen and oxygen atoms in total. The lowest BCUT2D eigenvalue weighted by Crippen LogP contribution is -2.46. The Morgan fingerprint density at radius 3 is 2.67 bits per heavy atom. The fourth-order valence-corrected chi connectivity index (χ4v) is 3.30. The van der Waals surface area contributed by atoms with E-state index >= 15 is 0 Å². The zero-order chi connectivity index (χ0) is 14.8. The first kappa shape index (κ1) is 14.9. The zero-order valence-corrected chi connectivity index (χ0v) is 13.2. The predicted molar refractivity (Wildman–Crippen MR) is 80.9 cm³/mol. The van der Waals surface area contributed by atoms with Gasteiger partial charge < -0.3 is 10.3 Å². The van der Waals surface area contributed by atoms with Crippen LogP contribution in [0, 0.1) is 0 Å². The Labute approximate surface area is 126 Å². The van der Waals surface area contributed by atoms with Crippen molar-refractivity contribution in [2.45, 2.75) is 57.7 Å². The highest BCUT2D eigenvalue weighted by Crippen LogP contribution is 2.21. The number of aromatic nitrogens is 2. The van der Waals surface area contributed by atoms with Gasteiger partial charge in [-0.3, -0.25) is 9.80 Å². The van der Waals surface area contributed by atoms with E-state index in [-0.39, 0.29) is 0 Å². The summed E-state index contributed by atoms with van der Waals surface area (Å²) < 4.78 is 5.35. The van der Waals surface area contributed by atoms with Crippen molar-refractivity contribution < 1.29 is 4.52 Å². The number of rotatable bonds is 4. The number of nitrogens with zero attached hydrogens (tertiary/aromatic N) is 4. The maximum Gasteiger partial charge on any atom is 0.240 e. The Balaban J connectivity index is 1.50. The van der Waals surface area contributed by atoms with E-state index < -0.39 is 0 Å². The molecule has 0 radical (unpaired) electrons. The van der Waals surface area contributed by atoms with Crippen LogP contribution in [0.4, 0.5) is 0 Å². The number of hydrogen-bond acceptors (Lipinski definition) is 6. The highest BCUT2D eigenvalue weighted by Gasteiger charge is 2.30. The van der Waals surface area contributed by atoms with Crippen molar-refractivity contribution in [3.05, 3.63) is 11.7 Å². The van der Waals surface area contributed by atoms with Crippen molar-refractivity contribution >= 4 is 0 Å². The van der Waals surface area contributed by atoms with E-state index in [0.29, 0.717) is 18.0 Å². The van der Waals surface area contributed by atoms with Crippen molar-refractivity contribution in [2.24, 2.45) is 5.73 Å². The highest BCUT2D eigenvalue weighted by atomic mass is 16.5. The van der Waals surface area contributed by atoms with Crippen LogP contribution in [0.2, 0.25) is 0 Å². The molecule has 2 fully saturated rings. The molecule has 3 rings (SSSR count). The minimum Gasteiger partial charge on any atom is -0.338 e. The van der Waals surface area contributed by atoms with Crippen molar-refractivity contribution in [3.8, 4) is 0 Å². The lowest BCUT2D eigenvalue weighted by Gasteiger charge is -2.34. The molecule has 2 aliphatic rings. The van der Waals surface area contributed by atoms with Crippen LogP contribution >= 0.6 is 0 Å². The van der Waals surface area contributed by atoms with Gasteiger partial charge in [0, 0.05) is 31.1 Å². The SMILES string of the molecule is CC(C)c1noc(CN2CCC(N3CCC(N)CC3)C2)n1. The smallest absolute Gasteiger partial charge is 0.240 e. The maximum absolute atomic E-state index is 5.99. The standard InChI is InChI=1S/C15H27N5O/c1-11(2)15-17-14(21-18-15)10-19-6-5-13(9-19)20-7-3-12(16)4-8-20/h11-13H,3-10,16H2,1-2H3. The van der Waals surface area contributed by atoms with Gasteiger partial charge in [-0.1, -0.05) is 19.0 Å². The molecule has 118 valence electrons. The van der Waals surface area contributed by atoms with Gasteiger partial charge in [-0.25, -0.2) is 0 Å². The van der Waals surface area contributed by atoms with Gasteiger partial charge in [-0.05, 0) is 32.4 Å². The van der Waals surface area contributed by atoms with Crippen LogP contribution in [0.3, 0.4) is 0 Å². The quantitative estimate of drug-likeness (QED) is 0.899. The Kier molecular flexibility index (Phi) is 4.57. The summed E-state index contributed by atoms with van der Waals surface area (Å²) in [5, 5.41) is 4.04. The van der Waals surface area contributed by atoms with Crippen LogP contribution in [-0.2, 0) is 6.54 Å².